The van der Waals surface area contributed by atoms with Crippen LogP contribution in [0.3, 0.4) is 0 Å². The first-order chi connectivity index (χ1) is 12.8. The average molecular weight is 356 g/mol. The highest BCUT2D eigenvalue weighted by molar-refractivity contribution is 5.79. The lowest BCUT2D eigenvalue weighted by molar-refractivity contribution is -0.125. The standard InChI is InChI=1S/C19H28N6O/c26-18(20-9-14-23-10-3-1-4-11-23)16-7-6-12-24(15-16)19-22-21-17-8-2-5-13-25(17)19/h2,5,8,13,16H,1,3-4,6-7,9-12,14-15H2,(H,20,26)/t16-/m1/s1. The summed E-state index contributed by atoms with van der Waals surface area (Å²) in [6.45, 7) is 5.71. The van der Waals surface area contributed by atoms with Gasteiger partial charge in [-0.3, -0.25) is 9.20 Å². The Hall–Kier alpha value is -2.15. The number of fused-ring (bicyclic) bond motifs is 1. The topological polar surface area (TPSA) is 65.8 Å². The van der Waals surface area contributed by atoms with Crippen LogP contribution in [0.25, 0.3) is 5.65 Å². The van der Waals surface area contributed by atoms with Crippen LogP contribution in [0.1, 0.15) is 32.1 Å². The van der Waals surface area contributed by atoms with E-state index in [9.17, 15) is 4.79 Å². The van der Waals surface area contributed by atoms with Crippen molar-refractivity contribution in [3.63, 3.8) is 0 Å². The second-order valence-electron chi connectivity index (χ2n) is 7.41. The molecule has 2 saturated heterocycles. The van der Waals surface area contributed by atoms with Gasteiger partial charge in [-0.25, -0.2) is 0 Å². The van der Waals surface area contributed by atoms with Gasteiger partial charge in [0, 0.05) is 32.4 Å². The van der Waals surface area contributed by atoms with Gasteiger partial charge in [0.25, 0.3) is 0 Å². The van der Waals surface area contributed by atoms with Crippen molar-refractivity contribution in [3.05, 3.63) is 24.4 Å². The van der Waals surface area contributed by atoms with Gasteiger partial charge in [0.15, 0.2) is 5.65 Å². The molecule has 0 bridgehead atoms. The van der Waals surface area contributed by atoms with E-state index in [0.29, 0.717) is 6.54 Å². The van der Waals surface area contributed by atoms with E-state index < -0.39 is 0 Å². The smallest absolute Gasteiger partial charge is 0.231 e. The summed E-state index contributed by atoms with van der Waals surface area (Å²) in [5.41, 5.74) is 0.843. The highest BCUT2D eigenvalue weighted by Crippen LogP contribution is 2.22. The molecule has 0 spiro atoms. The predicted octanol–water partition coefficient (Wildman–Crippen LogP) is 1.55. The first kappa shape index (κ1) is 17.3. The summed E-state index contributed by atoms with van der Waals surface area (Å²) in [5, 5.41) is 11.7. The third-order valence-corrected chi connectivity index (χ3v) is 5.55. The average Bonchev–Trinajstić information content (AvgIpc) is 3.13. The third kappa shape index (κ3) is 3.82. The summed E-state index contributed by atoms with van der Waals surface area (Å²) in [6, 6.07) is 5.89. The number of likely N-dealkylation sites (tertiary alicyclic amines) is 1. The van der Waals surface area contributed by atoms with Crippen LogP contribution >= 0.6 is 0 Å². The lowest BCUT2D eigenvalue weighted by atomic mass is 9.97. The number of hydrogen-bond donors (Lipinski definition) is 1. The first-order valence-corrected chi connectivity index (χ1v) is 9.86. The van der Waals surface area contributed by atoms with Crippen LogP contribution < -0.4 is 10.2 Å². The zero-order chi connectivity index (χ0) is 17.8. The number of nitrogens with zero attached hydrogens (tertiary/aromatic N) is 5. The Morgan fingerprint density at radius 3 is 2.88 bits per heavy atom. The molecule has 2 aromatic heterocycles. The predicted molar refractivity (Wildman–Crippen MR) is 101 cm³/mol. The van der Waals surface area contributed by atoms with Crippen LogP contribution in [0, 0.1) is 5.92 Å². The van der Waals surface area contributed by atoms with Crippen molar-refractivity contribution < 1.29 is 4.79 Å². The lowest BCUT2D eigenvalue weighted by Gasteiger charge is -2.32. The second kappa shape index (κ2) is 8.03. The van der Waals surface area contributed by atoms with Gasteiger partial charge in [0.05, 0.1) is 5.92 Å². The molecule has 0 saturated carbocycles. The summed E-state index contributed by atoms with van der Waals surface area (Å²) < 4.78 is 2.00. The largest absolute Gasteiger partial charge is 0.355 e. The zero-order valence-corrected chi connectivity index (χ0v) is 15.3. The number of amides is 1. The zero-order valence-electron chi connectivity index (χ0n) is 15.3. The monoisotopic (exact) mass is 356 g/mol. The lowest BCUT2D eigenvalue weighted by Crippen LogP contribution is -2.45. The van der Waals surface area contributed by atoms with Crippen LogP contribution in [0.2, 0.25) is 0 Å². The van der Waals surface area contributed by atoms with Crippen molar-refractivity contribution in [1.82, 2.24) is 24.8 Å². The molecular formula is C19H28N6O. The Balaban J connectivity index is 1.32. The van der Waals surface area contributed by atoms with E-state index in [-0.39, 0.29) is 11.8 Å². The molecule has 2 aromatic rings. The number of anilines is 1. The molecule has 4 rings (SSSR count). The van der Waals surface area contributed by atoms with Crippen molar-refractivity contribution >= 4 is 17.5 Å². The molecule has 0 aromatic carbocycles. The summed E-state index contributed by atoms with van der Waals surface area (Å²) >= 11 is 0. The van der Waals surface area contributed by atoms with Gasteiger partial charge >= 0.3 is 0 Å². The van der Waals surface area contributed by atoms with Crippen molar-refractivity contribution in [3.8, 4) is 0 Å². The Morgan fingerprint density at radius 1 is 1.12 bits per heavy atom. The minimum Gasteiger partial charge on any atom is -0.355 e. The maximum atomic E-state index is 12.6. The molecule has 0 radical (unpaired) electrons. The number of carbonyl (C=O) groups is 1. The van der Waals surface area contributed by atoms with Crippen LogP contribution in [0.4, 0.5) is 5.95 Å². The minimum absolute atomic E-state index is 0.0289. The van der Waals surface area contributed by atoms with Gasteiger partial charge in [-0.1, -0.05) is 12.5 Å². The maximum absolute atomic E-state index is 12.6. The molecule has 7 heteroatoms. The van der Waals surface area contributed by atoms with Crippen molar-refractivity contribution in [2.24, 2.45) is 5.92 Å². The van der Waals surface area contributed by atoms with E-state index in [1.165, 1.54) is 32.4 Å². The number of aromatic nitrogens is 3. The molecule has 1 atom stereocenters. The molecule has 7 nitrogen and oxygen atoms in total. The van der Waals surface area contributed by atoms with Crippen molar-refractivity contribution in [1.29, 1.82) is 0 Å². The fourth-order valence-corrected chi connectivity index (χ4v) is 4.08. The first-order valence-electron chi connectivity index (χ1n) is 9.86. The molecular weight excluding hydrogens is 328 g/mol. The highest BCUT2D eigenvalue weighted by atomic mass is 16.1. The van der Waals surface area contributed by atoms with Crippen molar-refractivity contribution in [2.45, 2.75) is 32.1 Å². The van der Waals surface area contributed by atoms with E-state index in [1.54, 1.807) is 0 Å². The molecule has 4 heterocycles. The molecule has 26 heavy (non-hydrogen) atoms. The van der Waals surface area contributed by atoms with Crippen LogP contribution in [0.5, 0.6) is 0 Å². The Labute approximate surface area is 154 Å². The molecule has 2 aliphatic heterocycles. The quantitative estimate of drug-likeness (QED) is 0.880. The van der Waals surface area contributed by atoms with Gasteiger partial charge in [0.2, 0.25) is 11.9 Å². The highest BCUT2D eigenvalue weighted by Gasteiger charge is 2.28. The van der Waals surface area contributed by atoms with Gasteiger partial charge < -0.3 is 15.1 Å². The Kier molecular flexibility index (Phi) is 5.34. The molecule has 1 N–H and O–H groups in total. The van der Waals surface area contributed by atoms with Crippen LogP contribution in [-0.2, 0) is 4.79 Å². The summed E-state index contributed by atoms with van der Waals surface area (Å²) in [7, 11) is 0. The summed E-state index contributed by atoms with van der Waals surface area (Å²) in [6.07, 6.45) is 7.86. The second-order valence-corrected chi connectivity index (χ2v) is 7.41. The normalized spacial score (nSPS) is 21.8. The Bertz CT molecular complexity index is 738. The van der Waals surface area contributed by atoms with Crippen LogP contribution in [-0.4, -0.2) is 64.7 Å². The molecule has 1 amide bonds. The van der Waals surface area contributed by atoms with E-state index in [1.807, 2.05) is 28.8 Å². The van der Waals surface area contributed by atoms with E-state index >= 15 is 0 Å². The Morgan fingerprint density at radius 2 is 2.00 bits per heavy atom. The van der Waals surface area contributed by atoms with Crippen LogP contribution in [0.15, 0.2) is 24.4 Å². The third-order valence-electron chi connectivity index (χ3n) is 5.55. The van der Waals surface area contributed by atoms with Gasteiger partial charge in [-0.2, -0.15) is 0 Å². The fraction of sp³-hybridized carbons (Fsp3) is 0.632. The van der Waals surface area contributed by atoms with Gasteiger partial charge in [0.1, 0.15) is 0 Å². The molecule has 0 aliphatic carbocycles. The SMILES string of the molecule is O=C(NCCN1CCCCC1)[C@@H]1CCCN(c2nnc3ccccn23)C1. The van der Waals surface area contributed by atoms with Gasteiger partial charge in [-0.15, -0.1) is 10.2 Å². The van der Waals surface area contributed by atoms with E-state index in [4.69, 9.17) is 0 Å². The summed E-state index contributed by atoms with van der Waals surface area (Å²) in [4.78, 5) is 17.3. The molecule has 0 unspecified atom stereocenters. The number of pyridine rings is 1. The summed E-state index contributed by atoms with van der Waals surface area (Å²) in [5.74, 6) is 1.05. The number of carbonyl (C=O) groups excluding carboxylic acids is 1. The number of piperidine rings is 2. The van der Waals surface area contributed by atoms with E-state index in [0.717, 1.165) is 44.1 Å². The van der Waals surface area contributed by atoms with Gasteiger partial charge in [-0.05, 0) is 50.9 Å². The number of rotatable bonds is 5. The number of hydrogen-bond acceptors (Lipinski definition) is 5. The number of nitrogens with one attached hydrogen (secondary N) is 1. The molecule has 2 fully saturated rings. The molecule has 140 valence electrons. The fourth-order valence-electron chi connectivity index (χ4n) is 4.08. The van der Waals surface area contributed by atoms with Crippen molar-refractivity contribution in [2.75, 3.05) is 44.2 Å². The maximum Gasteiger partial charge on any atom is 0.231 e. The molecule has 2 aliphatic rings. The van der Waals surface area contributed by atoms with E-state index in [2.05, 4.69) is 25.3 Å². The minimum atomic E-state index is 0.0289.